The molecule has 0 radical (unpaired) electrons. The standard InChI is InChI=1S/C20H30N2O3/c1-13-10-15-16(11-19(3,4)12-17(15)25-13)21-18(24)20(22-14(2)23)8-6-5-7-9-20/h10,16H,5-9,11-12H2,1-4H3,(H,21,24)(H,22,23). The highest BCUT2D eigenvalue weighted by atomic mass is 16.3. The number of aryl methyl sites for hydroxylation is 1. The van der Waals surface area contributed by atoms with Crippen LogP contribution in [0.1, 0.15) is 82.4 Å². The molecule has 5 nitrogen and oxygen atoms in total. The van der Waals surface area contributed by atoms with Crippen LogP contribution in [0.3, 0.4) is 0 Å². The van der Waals surface area contributed by atoms with Crippen LogP contribution in [0.4, 0.5) is 0 Å². The maximum absolute atomic E-state index is 13.2. The lowest BCUT2D eigenvalue weighted by Gasteiger charge is -2.40. The molecule has 1 aromatic rings. The molecule has 1 fully saturated rings. The van der Waals surface area contributed by atoms with Crippen LogP contribution in [-0.4, -0.2) is 17.4 Å². The van der Waals surface area contributed by atoms with E-state index in [1.54, 1.807) is 0 Å². The van der Waals surface area contributed by atoms with Crippen molar-refractivity contribution in [2.24, 2.45) is 5.41 Å². The van der Waals surface area contributed by atoms with Crippen LogP contribution in [0, 0.1) is 12.3 Å². The molecule has 1 heterocycles. The maximum Gasteiger partial charge on any atom is 0.246 e. The molecule has 138 valence electrons. The van der Waals surface area contributed by atoms with Crippen molar-refractivity contribution in [3.8, 4) is 0 Å². The first kappa shape index (κ1) is 18.0. The van der Waals surface area contributed by atoms with Crippen molar-refractivity contribution in [2.45, 2.75) is 84.2 Å². The Hall–Kier alpha value is -1.78. The van der Waals surface area contributed by atoms with Crippen LogP contribution >= 0.6 is 0 Å². The summed E-state index contributed by atoms with van der Waals surface area (Å²) in [5.41, 5.74) is 0.409. The fraction of sp³-hybridized carbons (Fsp3) is 0.700. The Morgan fingerprint density at radius 1 is 1.20 bits per heavy atom. The minimum Gasteiger partial charge on any atom is -0.466 e. The molecule has 3 rings (SSSR count). The third-order valence-corrected chi connectivity index (χ3v) is 5.60. The Morgan fingerprint density at radius 2 is 1.88 bits per heavy atom. The second-order valence-electron chi connectivity index (χ2n) is 8.63. The Bertz CT molecular complexity index is 668. The highest BCUT2D eigenvalue weighted by Gasteiger charge is 2.43. The maximum atomic E-state index is 13.2. The number of amides is 2. The largest absolute Gasteiger partial charge is 0.466 e. The zero-order valence-electron chi connectivity index (χ0n) is 15.8. The molecule has 0 saturated heterocycles. The van der Waals surface area contributed by atoms with Gasteiger partial charge in [0, 0.05) is 18.9 Å². The number of carbonyl (C=O) groups excluding carboxylic acids is 2. The van der Waals surface area contributed by atoms with Crippen LogP contribution in [0.2, 0.25) is 0 Å². The Morgan fingerprint density at radius 3 is 2.52 bits per heavy atom. The fourth-order valence-electron chi connectivity index (χ4n) is 4.51. The quantitative estimate of drug-likeness (QED) is 0.879. The van der Waals surface area contributed by atoms with Crippen molar-refractivity contribution in [1.82, 2.24) is 10.6 Å². The molecular weight excluding hydrogens is 316 g/mol. The summed E-state index contributed by atoms with van der Waals surface area (Å²) >= 11 is 0. The Kier molecular flexibility index (Phi) is 4.69. The van der Waals surface area contributed by atoms with E-state index in [4.69, 9.17) is 4.42 Å². The number of carbonyl (C=O) groups is 2. The third-order valence-electron chi connectivity index (χ3n) is 5.60. The Labute approximate surface area is 149 Å². The average Bonchev–Trinajstić information content (AvgIpc) is 2.86. The Balaban J connectivity index is 1.84. The number of nitrogens with one attached hydrogen (secondary N) is 2. The van der Waals surface area contributed by atoms with E-state index in [0.717, 1.165) is 49.2 Å². The van der Waals surface area contributed by atoms with Crippen molar-refractivity contribution in [1.29, 1.82) is 0 Å². The molecule has 1 atom stereocenters. The topological polar surface area (TPSA) is 71.3 Å². The van der Waals surface area contributed by atoms with Gasteiger partial charge in [0.1, 0.15) is 17.1 Å². The summed E-state index contributed by atoms with van der Waals surface area (Å²) in [6.45, 7) is 7.85. The first-order chi connectivity index (χ1) is 11.7. The first-order valence-electron chi connectivity index (χ1n) is 9.40. The summed E-state index contributed by atoms with van der Waals surface area (Å²) in [5, 5.41) is 6.21. The van der Waals surface area contributed by atoms with Gasteiger partial charge in [-0.25, -0.2) is 0 Å². The summed E-state index contributed by atoms with van der Waals surface area (Å²) < 4.78 is 5.87. The molecule has 5 heteroatoms. The van der Waals surface area contributed by atoms with Gasteiger partial charge in [-0.2, -0.15) is 0 Å². The van der Waals surface area contributed by atoms with Gasteiger partial charge < -0.3 is 15.1 Å². The third kappa shape index (κ3) is 3.75. The van der Waals surface area contributed by atoms with E-state index in [9.17, 15) is 9.59 Å². The van der Waals surface area contributed by atoms with Gasteiger partial charge in [-0.1, -0.05) is 33.1 Å². The molecule has 1 unspecified atom stereocenters. The second kappa shape index (κ2) is 6.50. The molecular formula is C20H30N2O3. The number of furan rings is 1. The van der Waals surface area contributed by atoms with Gasteiger partial charge in [0.2, 0.25) is 11.8 Å². The lowest BCUT2D eigenvalue weighted by Crippen LogP contribution is -2.60. The predicted molar refractivity (Wildman–Crippen MR) is 96.1 cm³/mol. The lowest BCUT2D eigenvalue weighted by molar-refractivity contribution is -0.135. The van der Waals surface area contributed by atoms with Gasteiger partial charge in [0.15, 0.2) is 0 Å². The molecule has 2 amide bonds. The summed E-state index contributed by atoms with van der Waals surface area (Å²) in [6, 6.07) is 1.98. The summed E-state index contributed by atoms with van der Waals surface area (Å²) in [4.78, 5) is 24.9. The molecule has 25 heavy (non-hydrogen) atoms. The molecule has 0 aliphatic heterocycles. The number of hydrogen-bond donors (Lipinski definition) is 2. The monoisotopic (exact) mass is 346 g/mol. The molecule has 2 N–H and O–H groups in total. The first-order valence-corrected chi connectivity index (χ1v) is 9.40. The normalized spacial score (nSPS) is 24.2. The van der Waals surface area contributed by atoms with E-state index in [-0.39, 0.29) is 23.3 Å². The molecule has 1 saturated carbocycles. The van der Waals surface area contributed by atoms with E-state index >= 15 is 0 Å². The highest BCUT2D eigenvalue weighted by Crippen LogP contribution is 2.42. The number of fused-ring (bicyclic) bond motifs is 1. The number of rotatable bonds is 3. The van der Waals surface area contributed by atoms with Crippen molar-refractivity contribution >= 4 is 11.8 Å². The van der Waals surface area contributed by atoms with Gasteiger partial charge in [0.05, 0.1) is 6.04 Å². The van der Waals surface area contributed by atoms with E-state index in [1.165, 1.54) is 6.92 Å². The van der Waals surface area contributed by atoms with E-state index < -0.39 is 5.54 Å². The van der Waals surface area contributed by atoms with Crippen LogP contribution in [-0.2, 0) is 16.0 Å². The van der Waals surface area contributed by atoms with Gasteiger partial charge in [-0.3, -0.25) is 9.59 Å². The van der Waals surface area contributed by atoms with Crippen LogP contribution in [0.5, 0.6) is 0 Å². The van der Waals surface area contributed by atoms with E-state index in [2.05, 4.69) is 24.5 Å². The predicted octanol–water partition coefficient (Wildman–Crippen LogP) is 3.56. The zero-order chi connectivity index (χ0) is 18.2. The van der Waals surface area contributed by atoms with Crippen molar-refractivity contribution in [2.75, 3.05) is 0 Å². The van der Waals surface area contributed by atoms with Gasteiger partial charge in [-0.15, -0.1) is 0 Å². The highest BCUT2D eigenvalue weighted by molar-refractivity contribution is 5.91. The molecule has 2 aliphatic carbocycles. The van der Waals surface area contributed by atoms with Gasteiger partial charge >= 0.3 is 0 Å². The van der Waals surface area contributed by atoms with Crippen molar-refractivity contribution in [3.05, 3.63) is 23.2 Å². The van der Waals surface area contributed by atoms with E-state index in [0.29, 0.717) is 12.8 Å². The summed E-state index contributed by atoms with van der Waals surface area (Å²) in [5.74, 6) is 1.68. The molecule has 0 bridgehead atoms. The van der Waals surface area contributed by atoms with Crippen molar-refractivity contribution < 1.29 is 14.0 Å². The minimum absolute atomic E-state index is 0.0464. The lowest BCUT2D eigenvalue weighted by atomic mass is 9.74. The summed E-state index contributed by atoms with van der Waals surface area (Å²) in [7, 11) is 0. The van der Waals surface area contributed by atoms with Gasteiger partial charge in [0.25, 0.3) is 0 Å². The van der Waals surface area contributed by atoms with Crippen molar-refractivity contribution in [3.63, 3.8) is 0 Å². The second-order valence-corrected chi connectivity index (χ2v) is 8.63. The molecule has 0 spiro atoms. The van der Waals surface area contributed by atoms with Crippen LogP contribution in [0.25, 0.3) is 0 Å². The fourth-order valence-corrected chi connectivity index (χ4v) is 4.51. The average molecular weight is 346 g/mol. The molecule has 2 aliphatic rings. The van der Waals surface area contributed by atoms with E-state index in [1.807, 2.05) is 13.0 Å². The van der Waals surface area contributed by atoms with Gasteiger partial charge in [-0.05, 0) is 37.7 Å². The minimum atomic E-state index is -0.759. The smallest absolute Gasteiger partial charge is 0.246 e. The van der Waals surface area contributed by atoms with Crippen LogP contribution < -0.4 is 10.6 Å². The zero-order valence-corrected chi connectivity index (χ0v) is 15.8. The number of hydrogen-bond acceptors (Lipinski definition) is 3. The SMILES string of the molecule is CC(=O)NC1(C(=O)NC2CC(C)(C)Cc3oc(C)cc32)CCCCC1. The van der Waals surface area contributed by atoms with Crippen LogP contribution in [0.15, 0.2) is 10.5 Å². The molecule has 1 aromatic heterocycles. The summed E-state index contributed by atoms with van der Waals surface area (Å²) in [6.07, 6.45) is 6.26. The molecule has 0 aromatic carbocycles.